The number of rotatable bonds is 16. The molecule has 7 N–H and O–H groups in total. The predicted molar refractivity (Wildman–Crippen MR) is 418 cm³/mol. The van der Waals surface area contributed by atoms with Crippen molar-refractivity contribution < 1.29 is 47.8 Å². The number of aryl methyl sites for hydroxylation is 4. The van der Waals surface area contributed by atoms with Crippen LogP contribution in [-0.2, 0) is 42.7 Å². The fourth-order valence-corrected chi connectivity index (χ4v) is 17.9. The Bertz CT molecular complexity index is 3560. The third kappa shape index (κ3) is 18.1. The molecule has 4 aliphatic carbocycles. The third-order valence-corrected chi connectivity index (χ3v) is 26.4. The number of nitrogens with zero attached hydrogens (tertiary/aromatic N) is 9. The molecule has 97 heavy (non-hydrogen) atoms. The first kappa shape index (κ1) is 78.3. The number of carbonyl (C=O) groups is 1. The van der Waals surface area contributed by atoms with Gasteiger partial charge in [-0.3, -0.25) is 4.79 Å². The number of thiocarbonyl (C=S) groups is 1. The summed E-state index contributed by atoms with van der Waals surface area (Å²) in [5.74, 6) is 1.18. The van der Waals surface area contributed by atoms with Crippen LogP contribution in [0.25, 0.3) is 0 Å². The number of nitrogens with one attached hydrogen (secondary N) is 4. The van der Waals surface area contributed by atoms with E-state index in [1.165, 1.54) is 35.3 Å². The van der Waals surface area contributed by atoms with Crippen LogP contribution in [0.1, 0.15) is 122 Å². The summed E-state index contributed by atoms with van der Waals surface area (Å²) in [5.41, 5.74) is 9.79. The maximum Gasteiger partial charge on any atom is 0.189 e. The Morgan fingerprint density at radius 2 is 0.825 bits per heavy atom. The molecule has 0 radical (unpaired) electrons. The smallest absolute Gasteiger partial charge is 0.189 e. The SMILES string of the molecule is CSc1nc(C)c(I)c(N[C@@H]2C[C@H](C(C)=O)[C@H]3OC(C)(C)O[C@H]32)n1.CSc1nc(C)c(I)c(N[C@@H]2C[C@H](C(N)=S)[C@H]3OC(C)(C)O[C@H]32)n1.CSc1nc(C)c(I)c(N[C@@H]2C[C@H](CO)[C@H]3OC(C)(C)O[C@H]32)n1.CSc1nc(C)c(I)c(N[C@@H]2C[C@H](c3nccs3)[C@H]3OC(C)(C)O[C@H]32)n1. The number of thiazole rings is 1. The maximum absolute atomic E-state index is 12.0. The molecular formula is C63H86I4N14O10S6. The number of hydrogen-bond donors (Lipinski definition) is 6. The van der Waals surface area contributed by atoms with Crippen LogP contribution in [0.4, 0.5) is 23.3 Å². The van der Waals surface area contributed by atoms with E-state index >= 15 is 0 Å². The van der Waals surface area contributed by atoms with Crippen LogP contribution in [0.5, 0.6) is 0 Å². The quantitative estimate of drug-likeness (QED) is 0.0231. The van der Waals surface area contributed by atoms with Gasteiger partial charge in [-0.05, 0) is 231 Å². The summed E-state index contributed by atoms with van der Waals surface area (Å²) >= 11 is 22.1. The molecule has 4 aliphatic heterocycles. The Morgan fingerprint density at radius 3 is 1.16 bits per heavy atom. The van der Waals surface area contributed by atoms with Crippen LogP contribution >= 0.6 is 161 Å². The van der Waals surface area contributed by atoms with Crippen molar-refractivity contribution >= 4 is 195 Å². The summed E-state index contributed by atoms with van der Waals surface area (Å²) < 4.78 is 52.8. The molecule has 9 heterocycles. The highest BCUT2D eigenvalue weighted by atomic mass is 127. The number of Topliss-reactive ketones (excluding diaryl/α,β-unsaturated/α-hetero) is 1. The van der Waals surface area contributed by atoms with Crippen LogP contribution in [0, 0.1) is 59.7 Å². The molecule has 4 saturated carbocycles. The van der Waals surface area contributed by atoms with E-state index in [0.29, 0.717) is 11.4 Å². The second-order valence-corrected chi connectivity index (χ2v) is 35.5. The van der Waals surface area contributed by atoms with Crippen molar-refractivity contribution in [2.45, 2.75) is 238 Å². The summed E-state index contributed by atoms with van der Waals surface area (Å²) in [5, 5.41) is 30.0. The van der Waals surface area contributed by atoms with Gasteiger partial charge in [-0.1, -0.05) is 59.3 Å². The molecule has 16 atom stereocenters. The van der Waals surface area contributed by atoms with E-state index in [2.05, 4.69) is 156 Å². The third-order valence-electron chi connectivity index (χ3n) is 17.9. The molecule has 0 unspecified atom stereocenters. The standard InChI is InChI=1S/C17H21IN4O2S2.C16H22IN3O3S.C15H21IN4O2S2.C15H22IN3O3S/c1-8-11(18)14(22-16(20-8)25-4)21-10-7-9(15-19-5-6-26-15)12-13(10)24-17(2,3)23-12;1-7-11(17)14(20-15(18-7)24-5)19-10-6-9(8(2)21)12-13(10)23-16(3,4)22-12;1-6-9(16)13(20-14(18-6)24-4)19-8-5-7(12(17)23)10-11(8)22-15(2,3)21-10;1-7-10(16)13(19-14(17-7)23-4)18-9-5-8(6-20)11-12(9)22-15(2,3)21-11/h5-6,9-10,12-13H,7H2,1-4H3,(H,20,21,22);9-10,12-13H,6H2,1-5H3,(H,18,19,20);7-8,10-11H,5H2,1-4H3,(H2,17,23)(H,18,19,20);8-9,11-12,20H,5-6H2,1-4H3,(H,17,18,19)/t9-,10+,12+,13-;9-,10-,12-,13+;7-,8+,10+,11-;8-,9-,11-,12+/m0101/s1. The summed E-state index contributed by atoms with van der Waals surface area (Å²) in [6, 6.07) is 0.216. The van der Waals surface area contributed by atoms with Crippen LogP contribution in [-0.4, -0.2) is 189 Å². The van der Waals surface area contributed by atoms with Gasteiger partial charge in [-0.15, -0.1) is 11.3 Å². The first-order chi connectivity index (χ1) is 45.6. The Balaban J connectivity index is 0.000000141. The van der Waals surface area contributed by atoms with Gasteiger partial charge < -0.3 is 70.0 Å². The highest BCUT2D eigenvalue weighted by Gasteiger charge is 2.59. The second kappa shape index (κ2) is 32.2. The van der Waals surface area contributed by atoms with E-state index in [0.717, 1.165) is 105 Å². The van der Waals surface area contributed by atoms with Gasteiger partial charge in [0.1, 0.15) is 53.5 Å². The van der Waals surface area contributed by atoms with Gasteiger partial charge in [0.2, 0.25) is 0 Å². The lowest BCUT2D eigenvalue weighted by Gasteiger charge is -2.24. The molecule has 5 aromatic heterocycles. The topological polar surface area (TPSA) is 301 Å². The fourth-order valence-electron chi connectivity index (χ4n) is 13.7. The van der Waals surface area contributed by atoms with Gasteiger partial charge in [0, 0.05) is 41.9 Å². The molecule has 0 amide bonds. The van der Waals surface area contributed by atoms with E-state index in [1.807, 2.05) is 120 Å². The zero-order chi connectivity index (χ0) is 70.5. The number of anilines is 4. The number of aromatic nitrogens is 9. The van der Waals surface area contributed by atoms with Gasteiger partial charge in [-0.2, -0.15) is 0 Å². The minimum absolute atomic E-state index is 0.00453. The van der Waals surface area contributed by atoms with Crippen molar-refractivity contribution in [3.8, 4) is 0 Å². The monoisotopic (exact) mass is 1900 g/mol. The Morgan fingerprint density at radius 1 is 0.515 bits per heavy atom. The van der Waals surface area contributed by atoms with E-state index in [-0.39, 0.29) is 109 Å². The average molecular weight is 1900 g/mol. The van der Waals surface area contributed by atoms with Crippen LogP contribution in [0.3, 0.4) is 0 Å². The first-order valence-corrected chi connectivity index (χ1v) is 42.3. The molecule has 0 spiro atoms. The average Bonchev–Trinajstić information content (AvgIpc) is 1.64. The maximum atomic E-state index is 12.0. The van der Waals surface area contributed by atoms with Gasteiger partial charge in [-0.25, -0.2) is 44.9 Å². The number of halogens is 4. The zero-order valence-corrected chi connectivity index (χ0v) is 70.6. The van der Waals surface area contributed by atoms with Gasteiger partial charge in [0.05, 0.1) is 95.6 Å². The Labute approximate surface area is 649 Å². The number of fused-ring (bicyclic) bond motifs is 4. The minimum atomic E-state index is -0.664. The highest BCUT2D eigenvalue weighted by molar-refractivity contribution is 14.1. The van der Waals surface area contributed by atoms with Crippen molar-refractivity contribution in [1.82, 2.24) is 44.9 Å². The van der Waals surface area contributed by atoms with E-state index in [1.54, 1.807) is 30.0 Å². The Kier molecular flexibility index (Phi) is 26.0. The van der Waals surface area contributed by atoms with Gasteiger partial charge >= 0.3 is 0 Å². The molecule has 0 bridgehead atoms. The van der Waals surface area contributed by atoms with E-state index in [4.69, 9.17) is 55.8 Å². The largest absolute Gasteiger partial charge is 0.396 e. The molecule has 5 aromatic rings. The predicted octanol–water partition coefficient (Wildman–Crippen LogP) is 12.2. The lowest BCUT2D eigenvalue weighted by atomic mass is 10.0. The molecule has 13 rings (SSSR count). The highest BCUT2D eigenvalue weighted by Crippen LogP contribution is 2.49. The van der Waals surface area contributed by atoms with Gasteiger partial charge in [0.25, 0.3) is 0 Å². The van der Waals surface area contributed by atoms with Crippen molar-refractivity contribution in [1.29, 1.82) is 0 Å². The van der Waals surface area contributed by atoms with E-state index < -0.39 is 23.1 Å². The van der Waals surface area contributed by atoms with Crippen LogP contribution in [0.2, 0.25) is 0 Å². The summed E-state index contributed by atoms with van der Waals surface area (Å²) in [6.45, 7) is 25.1. The first-order valence-electron chi connectivity index (χ1n) is 31.8. The second-order valence-electron chi connectivity index (χ2n) is 26.7. The minimum Gasteiger partial charge on any atom is -0.396 e. The Hall–Kier alpha value is -1.33. The van der Waals surface area contributed by atoms with Crippen molar-refractivity contribution in [3.05, 3.63) is 53.6 Å². The summed E-state index contributed by atoms with van der Waals surface area (Å²) in [4.78, 5) is 53.4. The summed E-state index contributed by atoms with van der Waals surface area (Å²) in [6.07, 6.45) is 12.2. The molecule has 8 fully saturated rings. The number of carbonyl (C=O) groups excluding carboxylic acids is 1. The summed E-state index contributed by atoms with van der Waals surface area (Å²) in [7, 11) is 0. The normalized spacial score (nSPS) is 30.9. The molecule has 532 valence electrons. The molecule has 8 aliphatic rings. The lowest BCUT2D eigenvalue weighted by molar-refractivity contribution is -0.159. The molecular weight excluding hydrogens is 1810 g/mol. The number of nitrogens with two attached hydrogens (primary N) is 1. The molecule has 4 saturated heterocycles. The van der Waals surface area contributed by atoms with Crippen LogP contribution < -0.4 is 27.0 Å². The number of hydrogen-bond acceptors (Lipinski definition) is 29. The lowest BCUT2D eigenvalue weighted by Crippen LogP contribution is -2.35. The van der Waals surface area contributed by atoms with Crippen molar-refractivity contribution in [3.63, 3.8) is 0 Å². The van der Waals surface area contributed by atoms with Crippen molar-refractivity contribution in [2.75, 3.05) is 52.9 Å². The number of aliphatic hydroxyl groups excluding tert-OH is 1. The fraction of sp³-hybridized carbons (Fsp3) is 0.667. The number of ether oxygens (including phenoxy) is 8. The van der Waals surface area contributed by atoms with E-state index in [9.17, 15) is 9.90 Å². The molecule has 34 heteroatoms. The number of aliphatic hydroxyl groups is 1. The molecule has 0 aromatic carbocycles. The van der Waals surface area contributed by atoms with Gasteiger partial charge in [0.15, 0.2) is 43.8 Å². The molecule has 24 nitrogen and oxygen atoms in total. The van der Waals surface area contributed by atoms with Crippen LogP contribution in [0.15, 0.2) is 32.2 Å². The van der Waals surface area contributed by atoms with Crippen molar-refractivity contribution in [2.24, 2.45) is 23.5 Å². The number of ketones is 1. The number of thioether (sulfide) groups is 4. The zero-order valence-electron chi connectivity index (χ0n) is 57.1.